The summed E-state index contributed by atoms with van der Waals surface area (Å²) in [4.78, 5) is 0. The molecule has 0 aliphatic rings. The van der Waals surface area contributed by atoms with Gasteiger partial charge in [0, 0.05) is 0 Å². The van der Waals surface area contributed by atoms with E-state index in [9.17, 15) is 21.6 Å². The molecule has 8 heteroatoms. The van der Waals surface area contributed by atoms with Crippen molar-refractivity contribution in [2.75, 3.05) is 0 Å². The van der Waals surface area contributed by atoms with Crippen LogP contribution in [0.25, 0.3) is 0 Å². The van der Waals surface area contributed by atoms with Crippen molar-refractivity contribution in [2.24, 2.45) is 5.92 Å². The predicted octanol–water partition coefficient (Wildman–Crippen LogP) is 5.21. The van der Waals surface area contributed by atoms with Crippen molar-refractivity contribution in [1.29, 1.82) is 0 Å². The Kier molecular flexibility index (Phi) is 6.50. The van der Waals surface area contributed by atoms with Crippen LogP contribution in [-0.4, -0.2) is 13.9 Å². The second-order valence-corrected chi connectivity index (χ2v) is 12.2. The van der Waals surface area contributed by atoms with E-state index in [0.717, 1.165) is 12.0 Å². The van der Waals surface area contributed by atoms with Crippen LogP contribution in [0.2, 0.25) is 0 Å². The topological polar surface area (TPSA) is 43.4 Å². The maximum atomic E-state index is 12.7. The molecule has 0 bridgehead atoms. The van der Waals surface area contributed by atoms with Crippen LogP contribution in [0.3, 0.4) is 0 Å². The molecule has 3 nitrogen and oxygen atoms in total. The number of rotatable bonds is 6. The van der Waals surface area contributed by atoms with Gasteiger partial charge in [-0.3, -0.25) is 0 Å². The van der Waals surface area contributed by atoms with Gasteiger partial charge in [0.2, 0.25) is 0 Å². The minimum atomic E-state index is -5.65. The van der Waals surface area contributed by atoms with Gasteiger partial charge in [0.1, 0.15) is 0 Å². The van der Waals surface area contributed by atoms with E-state index in [4.69, 9.17) is 2.51 Å². The third kappa shape index (κ3) is 5.42. The Bertz CT molecular complexity index is 788. The quantitative estimate of drug-likeness (QED) is 0.416. The van der Waals surface area contributed by atoms with Crippen molar-refractivity contribution in [2.45, 2.75) is 25.8 Å². The van der Waals surface area contributed by atoms with Gasteiger partial charge >= 0.3 is 153 Å². The standard InChI is InChI=1S/C17H18F3IO3S/c1-13(2)12-14-8-10-16(11-9-14)21(15-6-4-3-5-7-15)24-25(22,23)17(18,19)20/h3-11,13H,12H2,1-2H3. The van der Waals surface area contributed by atoms with Crippen molar-refractivity contribution < 1.29 is 24.1 Å². The van der Waals surface area contributed by atoms with Crippen LogP contribution >= 0.6 is 20.2 Å². The molecule has 2 aromatic carbocycles. The number of hydrogen-bond acceptors (Lipinski definition) is 3. The summed E-state index contributed by atoms with van der Waals surface area (Å²) in [5, 5.41) is 0. The van der Waals surface area contributed by atoms with E-state index >= 15 is 0 Å². The number of benzene rings is 2. The van der Waals surface area contributed by atoms with Crippen LogP contribution in [0.1, 0.15) is 19.4 Å². The molecule has 0 fully saturated rings. The zero-order chi connectivity index (χ0) is 18.7. The van der Waals surface area contributed by atoms with E-state index in [1.54, 1.807) is 42.5 Å². The molecule has 25 heavy (non-hydrogen) atoms. The molecule has 0 aromatic heterocycles. The van der Waals surface area contributed by atoms with Gasteiger partial charge in [-0.15, -0.1) is 0 Å². The van der Waals surface area contributed by atoms with E-state index in [-0.39, 0.29) is 0 Å². The van der Waals surface area contributed by atoms with Gasteiger partial charge in [0.05, 0.1) is 0 Å². The third-order valence-corrected chi connectivity index (χ3v) is 10.2. The van der Waals surface area contributed by atoms with E-state index < -0.39 is 35.9 Å². The predicted molar refractivity (Wildman–Crippen MR) is 98.9 cm³/mol. The second kappa shape index (κ2) is 8.05. The van der Waals surface area contributed by atoms with E-state index in [1.807, 2.05) is 12.1 Å². The number of hydrogen-bond donors (Lipinski definition) is 0. The van der Waals surface area contributed by atoms with Crippen LogP contribution in [0.4, 0.5) is 13.2 Å². The first-order valence-electron chi connectivity index (χ1n) is 7.45. The molecular weight excluding hydrogens is 468 g/mol. The zero-order valence-electron chi connectivity index (χ0n) is 13.6. The van der Waals surface area contributed by atoms with Crippen LogP contribution in [0.15, 0.2) is 54.6 Å². The summed E-state index contributed by atoms with van der Waals surface area (Å²) < 4.78 is 66.9. The molecule has 0 heterocycles. The Hall–Kier alpha value is -1.13. The second-order valence-electron chi connectivity index (χ2n) is 5.73. The van der Waals surface area contributed by atoms with Crippen LogP contribution < -0.4 is 0 Å². The Balaban J connectivity index is 2.39. The molecule has 0 radical (unpaired) electrons. The monoisotopic (exact) mass is 486 g/mol. The van der Waals surface area contributed by atoms with Gasteiger partial charge < -0.3 is 0 Å². The minimum absolute atomic E-state index is 0.441. The molecule has 0 aliphatic carbocycles. The summed E-state index contributed by atoms with van der Waals surface area (Å²) in [6, 6.07) is 15.2. The fourth-order valence-electron chi connectivity index (χ4n) is 2.05. The molecule has 0 aliphatic heterocycles. The average molecular weight is 486 g/mol. The summed E-state index contributed by atoms with van der Waals surface area (Å²) in [7, 11) is -5.65. The van der Waals surface area contributed by atoms with Gasteiger partial charge in [-0.2, -0.15) is 0 Å². The van der Waals surface area contributed by atoms with Crippen molar-refractivity contribution in [3.8, 4) is 0 Å². The van der Waals surface area contributed by atoms with Gasteiger partial charge in [0.25, 0.3) is 0 Å². The Morgan fingerprint density at radius 3 is 1.96 bits per heavy atom. The molecule has 0 unspecified atom stereocenters. The SMILES string of the molecule is CC(C)Cc1ccc(I(OS(=O)(=O)C(F)(F)F)c2ccccc2)cc1. The zero-order valence-corrected chi connectivity index (χ0v) is 16.6. The van der Waals surface area contributed by atoms with Crippen molar-refractivity contribution in [3.63, 3.8) is 0 Å². The fourth-order valence-corrected chi connectivity index (χ4v) is 8.51. The van der Waals surface area contributed by atoms with Crippen molar-refractivity contribution >= 4 is 30.4 Å². The van der Waals surface area contributed by atoms with Crippen molar-refractivity contribution in [3.05, 3.63) is 67.3 Å². The van der Waals surface area contributed by atoms with E-state index in [2.05, 4.69) is 13.8 Å². The molecule has 0 atom stereocenters. The molecule has 138 valence electrons. The molecule has 0 spiro atoms. The Morgan fingerprint density at radius 1 is 0.960 bits per heavy atom. The number of halogens is 4. The third-order valence-electron chi connectivity index (χ3n) is 3.12. The van der Waals surface area contributed by atoms with Crippen LogP contribution in [-0.2, 0) is 19.1 Å². The van der Waals surface area contributed by atoms with Gasteiger partial charge in [0.15, 0.2) is 0 Å². The van der Waals surface area contributed by atoms with Crippen molar-refractivity contribution in [1.82, 2.24) is 0 Å². The molecule has 2 aromatic rings. The Morgan fingerprint density at radius 2 is 1.48 bits per heavy atom. The first-order valence-corrected chi connectivity index (χ1v) is 11.9. The van der Waals surface area contributed by atoms with Gasteiger partial charge in [-0.25, -0.2) is 0 Å². The molecule has 2 rings (SSSR count). The summed E-state index contributed by atoms with van der Waals surface area (Å²) >= 11 is -3.25. The Labute approximate surface area is 153 Å². The molecular formula is C17H18F3IO3S. The normalized spacial score (nSPS) is 13.1. The van der Waals surface area contributed by atoms with E-state index in [1.165, 1.54) is 0 Å². The molecule has 0 saturated heterocycles. The molecule has 0 N–H and O–H groups in total. The number of alkyl halides is 3. The summed E-state index contributed by atoms with van der Waals surface area (Å²) in [5.41, 5.74) is -4.39. The summed E-state index contributed by atoms with van der Waals surface area (Å²) in [5.74, 6) is 0.441. The molecule has 0 amide bonds. The first kappa shape index (κ1) is 20.2. The summed E-state index contributed by atoms with van der Waals surface area (Å²) in [6.45, 7) is 4.13. The van der Waals surface area contributed by atoms with Gasteiger partial charge in [-0.1, -0.05) is 0 Å². The maximum absolute atomic E-state index is 12.7. The molecule has 0 saturated carbocycles. The van der Waals surface area contributed by atoms with Crippen LogP contribution in [0.5, 0.6) is 0 Å². The fraction of sp³-hybridized carbons (Fsp3) is 0.294. The van der Waals surface area contributed by atoms with Crippen LogP contribution in [0, 0.1) is 13.1 Å². The average Bonchev–Trinajstić information content (AvgIpc) is 2.53. The first-order chi connectivity index (χ1) is 11.6. The summed E-state index contributed by atoms with van der Waals surface area (Å²) in [6.07, 6.45) is 0.835. The van der Waals surface area contributed by atoms with E-state index in [0.29, 0.717) is 13.1 Å². The van der Waals surface area contributed by atoms with Gasteiger partial charge in [-0.05, 0) is 0 Å².